The minimum atomic E-state index is -1.56. The van der Waals surface area contributed by atoms with Crippen LogP contribution >= 0.6 is 0 Å². The molecule has 0 amide bonds. The van der Waals surface area contributed by atoms with E-state index < -0.39 is 24.6 Å². The molecule has 0 aromatic rings. The van der Waals surface area contributed by atoms with Crippen LogP contribution in [-0.4, -0.2) is 53.6 Å². The first-order chi connectivity index (χ1) is 5.13. The van der Waals surface area contributed by atoms with Gasteiger partial charge in [0.25, 0.3) is 0 Å². The maximum absolute atomic E-state index is 10.5. The van der Waals surface area contributed by atoms with Gasteiger partial charge in [0.1, 0.15) is 18.8 Å². The largest absolute Gasteiger partial charge is 0.388 e. The van der Waals surface area contributed by atoms with Gasteiger partial charge in [-0.25, -0.2) is 0 Å². The summed E-state index contributed by atoms with van der Waals surface area (Å²) in [6, 6.07) is 0. The highest BCUT2D eigenvalue weighted by Gasteiger charge is 2.22. The average Bonchev–Trinajstić information content (AvgIpc) is 2.02. The third kappa shape index (κ3) is 3.43. The number of aliphatic hydroxyl groups is 3. The Morgan fingerprint density at radius 2 is 2.09 bits per heavy atom. The lowest BCUT2D eigenvalue weighted by Crippen LogP contribution is -2.38. The number of ketones is 1. The highest BCUT2D eigenvalue weighted by Crippen LogP contribution is 1.94. The molecular formula is C6H12O5. The van der Waals surface area contributed by atoms with Crippen molar-refractivity contribution in [1.29, 1.82) is 0 Å². The fraction of sp³-hybridized carbons (Fsp3) is 0.833. The molecule has 0 aliphatic carbocycles. The molecular weight excluding hydrogens is 152 g/mol. The van der Waals surface area contributed by atoms with E-state index in [0.717, 1.165) is 0 Å². The monoisotopic (exact) mass is 164 g/mol. The van der Waals surface area contributed by atoms with Gasteiger partial charge < -0.3 is 20.1 Å². The lowest BCUT2D eigenvalue weighted by molar-refractivity contribution is -0.137. The van der Waals surface area contributed by atoms with Crippen LogP contribution in [0.3, 0.4) is 0 Å². The zero-order chi connectivity index (χ0) is 8.85. The van der Waals surface area contributed by atoms with Crippen LogP contribution in [0.1, 0.15) is 0 Å². The van der Waals surface area contributed by atoms with Crippen LogP contribution in [0.15, 0.2) is 0 Å². The summed E-state index contributed by atoms with van der Waals surface area (Å²) in [5.74, 6) is -0.811. The van der Waals surface area contributed by atoms with Crippen LogP contribution in [0, 0.1) is 0 Å². The van der Waals surface area contributed by atoms with Crippen molar-refractivity contribution in [2.24, 2.45) is 0 Å². The van der Waals surface area contributed by atoms with Crippen LogP contribution in [0.5, 0.6) is 0 Å². The van der Waals surface area contributed by atoms with Gasteiger partial charge in [-0.2, -0.15) is 0 Å². The van der Waals surface area contributed by atoms with Gasteiger partial charge in [0.2, 0.25) is 0 Å². The number of methoxy groups -OCH3 is 1. The molecule has 5 heteroatoms. The first-order valence-electron chi connectivity index (χ1n) is 3.12. The third-order valence-electron chi connectivity index (χ3n) is 1.19. The number of hydrogen-bond acceptors (Lipinski definition) is 5. The molecule has 0 heterocycles. The molecule has 0 radical (unpaired) electrons. The minimum Gasteiger partial charge on any atom is -0.388 e. The molecule has 0 saturated heterocycles. The van der Waals surface area contributed by atoms with E-state index in [2.05, 4.69) is 4.74 Å². The van der Waals surface area contributed by atoms with Crippen LogP contribution in [0.2, 0.25) is 0 Å². The van der Waals surface area contributed by atoms with Gasteiger partial charge in [-0.3, -0.25) is 4.79 Å². The van der Waals surface area contributed by atoms with Crippen molar-refractivity contribution in [2.75, 3.05) is 20.3 Å². The fourth-order valence-corrected chi connectivity index (χ4v) is 0.570. The first kappa shape index (κ1) is 10.5. The summed E-state index contributed by atoms with van der Waals surface area (Å²) < 4.78 is 4.48. The van der Waals surface area contributed by atoms with Crippen molar-refractivity contribution < 1.29 is 24.9 Å². The van der Waals surface area contributed by atoms with Crippen molar-refractivity contribution in [3.63, 3.8) is 0 Å². The van der Waals surface area contributed by atoms with Crippen molar-refractivity contribution in [2.45, 2.75) is 12.2 Å². The van der Waals surface area contributed by atoms with E-state index in [4.69, 9.17) is 15.3 Å². The lowest BCUT2D eigenvalue weighted by Gasteiger charge is -2.14. The van der Waals surface area contributed by atoms with E-state index in [-0.39, 0.29) is 6.61 Å². The zero-order valence-electron chi connectivity index (χ0n) is 6.23. The van der Waals surface area contributed by atoms with Crippen molar-refractivity contribution in [3.8, 4) is 0 Å². The standard InChI is InChI=1S/C6H12O5/c1-11-3-5(9)6(10)4(8)2-7/h5-7,9-10H,2-3H2,1H3/t5-,6-/m1/s1. The van der Waals surface area contributed by atoms with E-state index in [0.29, 0.717) is 0 Å². The highest BCUT2D eigenvalue weighted by atomic mass is 16.5. The van der Waals surface area contributed by atoms with Crippen LogP contribution < -0.4 is 0 Å². The Kier molecular flexibility index (Phi) is 4.97. The summed E-state index contributed by atoms with van der Waals surface area (Å²) in [7, 11) is 1.33. The second kappa shape index (κ2) is 5.20. The Balaban J connectivity index is 3.80. The Morgan fingerprint density at radius 3 is 2.45 bits per heavy atom. The molecule has 11 heavy (non-hydrogen) atoms. The van der Waals surface area contributed by atoms with Gasteiger partial charge in [-0.15, -0.1) is 0 Å². The van der Waals surface area contributed by atoms with Crippen molar-refractivity contribution in [3.05, 3.63) is 0 Å². The second-order valence-corrected chi connectivity index (χ2v) is 2.09. The molecule has 0 aromatic carbocycles. The number of aliphatic hydroxyl groups excluding tert-OH is 3. The summed E-state index contributed by atoms with van der Waals surface area (Å²) in [5.41, 5.74) is 0. The van der Waals surface area contributed by atoms with Crippen LogP contribution in [0.4, 0.5) is 0 Å². The molecule has 0 spiro atoms. The number of carbonyl (C=O) groups is 1. The molecule has 0 aromatic heterocycles. The Hall–Kier alpha value is -0.490. The molecule has 3 N–H and O–H groups in total. The third-order valence-corrected chi connectivity index (χ3v) is 1.19. The summed E-state index contributed by atoms with van der Waals surface area (Å²) in [6.07, 6.45) is -2.82. The predicted molar refractivity (Wildman–Crippen MR) is 36.0 cm³/mol. The predicted octanol–water partition coefficient (Wildman–Crippen LogP) is -2.08. The Labute approximate surface area is 64.2 Å². The molecule has 0 aliphatic rings. The maximum atomic E-state index is 10.5. The van der Waals surface area contributed by atoms with Gasteiger partial charge >= 0.3 is 0 Å². The highest BCUT2D eigenvalue weighted by molar-refractivity contribution is 5.84. The van der Waals surface area contributed by atoms with Crippen LogP contribution in [0.25, 0.3) is 0 Å². The molecule has 0 rings (SSSR count). The topological polar surface area (TPSA) is 87.0 Å². The number of hydrogen-bond donors (Lipinski definition) is 3. The summed E-state index contributed by atoms with van der Waals surface area (Å²) >= 11 is 0. The summed E-state index contributed by atoms with van der Waals surface area (Å²) in [4.78, 5) is 10.5. The fourth-order valence-electron chi connectivity index (χ4n) is 0.570. The number of ether oxygens (including phenoxy) is 1. The molecule has 0 saturated carbocycles. The second-order valence-electron chi connectivity index (χ2n) is 2.09. The molecule has 66 valence electrons. The van der Waals surface area contributed by atoms with E-state index >= 15 is 0 Å². The number of rotatable bonds is 5. The van der Waals surface area contributed by atoms with Crippen molar-refractivity contribution >= 4 is 5.78 Å². The smallest absolute Gasteiger partial charge is 0.189 e. The SMILES string of the molecule is COC[C@@H](O)[C@H](O)C(=O)CO. The van der Waals surface area contributed by atoms with E-state index in [1.54, 1.807) is 0 Å². The molecule has 0 unspecified atom stereocenters. The average molecular weight is 164 g/mol. The zero-order valence-corrected chi connectivity index (χ0v) is 6.23. The van der Waals surface area contributed by atoms with E-state index in [1.807, 2.05) is 0 Å². The van der Waals surface area contributed by atoms with Gasteiger partial charge in [-0.05, 0) is 0 Å². The van der Waals surface area contributed by atoms with Gasteiger partial charge in [0, 0.05) is 7.11 Å². The normalized spacial score (nSPS) is 16.0. The quantitative estimate of drug-likeness (QED) is 0.434. The number of carbonyl (C=O) groups excluding carboxylic acids is 1. The first-order valence-corrected chi connectivity index (χ1v) is 3.12. The van der Waals surface area contributed by atoms with E-state index in [9.17, 15) is 4.79 Å². The van der Waals surface area contributed by atoms with Gasteiger partial charge in [-0.1, -0.05) is 0 Å². The number of Topliss-reactive ketones (excluding diaryl/α,β-unsaturated/α-hetero) is 1. The minimum absolute atomic E-state index is 0.132. The van der Waals surface area contributed by atoms with Gasteiger partial charge in [0.15, 0.2) is 5.78 Å². The summed E-state index contributed by atoms with van der Waals surface area (Å²) in [5, 5.41) is 26.1. The maximum Gasteiger partial charge on any atom is 0.189 e. The molecule has 0 fully saturated rings. The van der Waals surface area contributed by atoms with E-state index in [1.165, 1.54) is 7.11 Å². The van der Waals surface area contributed by atoms with Gasteiger partial charge in [0.05, 0.1) is 6.61 Å². The van der Waals surface area contributed by atoms with Crippen LogP contribution in [-0.2, 0) is 9.53 Å². The Bertz CT molecular complexity index is 124. The molecule has 0 aliphatic heterocycles. The lowest BCUT2D eigenvalue weighted by atomic mass is 10.1. The Morgan fingerprint density at radius 1 is 1.55 bits per heavy atom. The molecule has 2 atom stereocenters. The summed E-state index contributed by atoms with van der Waals surface area (Å²) in [6.45, 7) is -0.908. The van der Waals surface area contributed by atoms with Crippen molar-refractivity contribution in [1.82, 2.24) is 0 Å². The molecule has 0 bridgehead atoms. The molecule has 5 nitrogen and oxygen atoms in total.